The van der Waals surface area contributed by atoms with E-state index >= 15 is 0 Å². The molecule has 2 aliphatic heterocycles. The van der Waals surface area contributed by atoms with Crippen LogP contribution in [0.4, 0.5) is 0 Å². The van der Waals surface area contributed by atoms with Gasteiger partial charge in [0, 0.05) is 26.2 Å². The molecule has 2 aliphatic rings. The molecule has 1 aromatic rings. The number of nitrogens with zero attached hydrogens (tertiary/aromatic N) is 3. The third-order valence-corrected chi connectivity index (χ3v) is 7.25. The Hall–Kier alpha value is -0.320. The molecule has 2 heterocycles. The number of sulfonamides is 1. The average Bonchev–Trinajstić information content (AvgIpc) is 3.04. The Labute approximate surface area is 155 Å². The van der Waals surface area contributed by atoms with Crippen molar-refractivity contribution in [3.05, 3.63) is 28.8 Å². The second-order valence-corrected chi connectivity index (χ2v) is 8.82. The zero-order valence-corrected chi connectivity index (χ0v) is 16.7. The first-order valence-corrected chi connectivity index (χ1v) is 9.47. The fraction of sp³-hybridized carbons (Fsp3) is 0.462. The highest BCUT2D eigenvalue weighted by molar-refractivity contribution is 8.93. The Bertz CT molecular complexity index is 757. The predicted molar refractivity (Wildman–Crippen MR) is 98.0 cm³/mol. The van der Waals surface area contributed by atoms with Crippen molar-refractivity contribution >= 4 is 55.5 Å². The molecule has 10 heteroatoms. The topological polar surface area (TPSA) is 73.2 Å². The second-order valence-electron chi connectivity index (χ2n) is 5.35. The monoisotopic (exact) mass is 441 g/mol. The number of thioether (sulfide) groups is 1. The van der Waals surface area contributed by atoms with Crippen LogP contribution in [0.3, 0.4) is 0 Å². The van der Waals surface area contributed by atoms with Crippen LogP contribution in [-0.2, 0) is 15.7 Å². The summed E-state index contributed by atoms with van der Waals surface area (Å²) in [6.07, 6.45) is 0. The van der Waals surface area contributed by atoms with Crippen LogP contribution in [-0.4, -0.2) is 60.8 Å². The highest BCUT2D eigenvalue weighted by Gasteiger charge is 2.46. The maximum Gasteiger partial charge on any atom is 0.244 e. The van der Waals surface area contributed by atoms with Gasteiger partial charge in [-0.05, 0) is 12.1 Å². The van der Waals surface area contributed by atoms with Gasteiger partial charge in [-0.2, -0.15) is 0 Å². The van der Waals surface area contributed by atoms with E-state index in [0.717, 1.165) is 9.47 Å². The molecular weight excluding hydrogens is 426 g/mol. The van der Waals surface area contributed by atoms with Crippen LogP contribution in [0.2, 0.25) is 5.02 Å². The van der Waals surface area contributed by atoms with Crippen LogP contribution in [0, 0.1) is 0 Å². The SMILES string of the molecule is Br.CN(C)S(=O)(=O)c1cc(C2(O)CSC3=NCCN32)ccc1Cl. The van der Waals surface area contributed by atoms with Crippen molar-refractivity contribution in [2.75, 3.05) is 32.9 Å². The molecule has 1 aromatic carbocycles. The number of hydrogen-bond acceptors (Lipinski definition) is 6. The molecule has 0 spiro atoms. The van der Waals surface area contributed by atoms with E-state index in [4.69, 9.17) is 11.6 Å². The lowest BCUT2D eigenvalue weighted by atomic mass is 10.0. The first-order chi connectivity index (χ1) is 10.3. The maximum atomic E-state index is 12.4. The molecule has 1 fully saturated rings. The number of aliphatic hydroxyl groups is 1. The van der Waals surface area contributed by atoms with Crippen molar-refractivity contribution in [1.82, 2.24) is 9.21 Å². The molecule has 0 aliphatic carbocycles. The normalized spacial score (nSPS) is 23.7. The van der Waals surface area contributed by atoms with Gasteiger partial charge in [0.05, 0.1) is 17.3 Å². The average molecular weight is 443 g/mol. The van der Waals surface area contributed by atoms with Gasteiger partial charge in [-0.15, -0.1) is 17.0 Å². The predicted octanol–water partition coefficient (Wildman–Crippen LogP) is 1.73. The van der Waals surface area contributed by atoms with Crippen molar-refractivity contribution < 1.29 is 13.5 Å². The van der Waals surface area contributed by atoms with Gasteiger partial charge in [-0.25, -0.2) is 12.7 Å². The van der Waals surface area contributed by atoms with Gasteiger partial charge < -0.3 is 10.0 Å². The zero-order valence-electron chi connectivity index (χ0n) is 12.6. The van der Waals surface area contributed by atoms with E-state index < -0.39 is 15.7 Å². The molecule has 0 aromatic heterocycles. The Morgan fingerprint density at radius 2 is 2.13 bits per heavy atom. The van der Waals surface area contributed by atoms with Crippen molar-refractivity contribution in [3.8, 4) is 0 Å². The summed E-state index contributed by atoms with van der Waals surface area (Å²) in [4.78, 5) is 6.14. The van der Waals surface area contributed by atoms with Gasteiger partial charge in [0.1, 0.15) is 4.90 Å². The molecule has 0 bridgehead atoms. The molecule has 128 valence electrons. The van der Waals surface area contributed by atoms with Gasteiger partial charge in [-0.1, -0.05) is 29.4 Å². The number of fused-ring (bicyclic) bond motifs is 1. The summed E-state index contributed by atoms with van der Waals surface area (Å²) in [5.74, 6) is 0.412. The number of hydrogen-bond donors (Lipinski definition) is 1. The number of amidine groups is 1. The van der Waals surface area contributed by atoms with Crippen molar-refractivity contribution in [2.45, 2.75) is 10.6 Å². The smallest absolute Gasteiger partial charge is 0.244 e. The summed E-state index contributed by atoms with van der Waals surface area (Å²) in [6.45, 7) is 1.26. The second kappa shape index (κ2) is 6.53. The Kier molecular flexibility index (Phi) is 5.40. The lowest BCUT2D eigenvalue weighted by molar-refractivity contribution is -0.0427. The molecule has 1 unspecified atom stereocenters. The van der Waals surface area contributed by atoms with Gasteiger partial charge >= 0.3 is 0 Å². The van der Waals surface area contributed by atoms with Crippen molar-refractivity contribution in [1.29, 1.82) is 0 Å². The van der Waals surface area contributed by atoms with E-state index in [-0.39, 0.29) is 26.9 Å². The van der Waals surface area contributed by atoms with E-state index in [1.807, 2.05) is 4.90 Å². The quantitative estimate of drug-likeness (QED) is 0.772. The summed E-state index contributed by atoms with van der Waals surface area (Å²) >= 11 is 7.53. The third-order valence-electron chi connectivity index (χ3n) is 3.80. The van der Waals surface area contributed by atoms with Gasteiger partial charge in [0.15, 0.2) is 10.9 Å². The fourth-order valence-electron chi connectivity index (χ4n) is 2.52. The molecule has 3 rings (SSSR count). The first kappa shape index (κ1) is 19.0. The molecule has 0 saturated carbocycles. The Morgan fingerprint density at radius 1 is 1.43 bits per heavy atom. The highest BCUT2D eigenvalue weighted by atomic mass is 79.9. The van der Waals surface area contributed by atoms with Gasteiger partial charge in [0.2, 0.25) is 10.0 Å². The minimum Gasteiger partial charge on any atom is -0.366 e. The molecule has 1 saturated heterocycles. The molecule has 1 atom stereocenters. The molecule has 23 heavy (non-hydrogen) atoms. The van der Waals surface area contributed by atoms with Crippen molar-refractivity contribution in [2.24, 2.45) is 4.99 Å². The van der Waals surface area contributed by atoms with E-state index in [2.05, 4.69) is 4.99 Å². The summed E-state index contributed by atoms with van der Waals surface area (Å²) < 4.78 is 25.8. The molecule has 0 radical (unpaired) electrons. The summed E-state index contributed by atoms with van der Waals surface area (Å²) in [6, 6.07) is 4.64. The Morgan fingerprint density at radius 3 is 2.78 bits per heavy atom. The van der Waals surface area contributed by atoms with E-state index in [9.17, 15) is 13.5 Å². The number of rotatable bonds is 3. The lowest BCUT2D eigenvalue weighted by Gasteiger charge is -2.32. The summed E-state index contributed by atoms with van der Waals surface area (Å²) in [5.41, 5.74) is -0.738. The van der Waals surface area contributed by atoms with Crippen LogP contribution in [0.1, 0.15) is 5.56 Å². The maximum absolute atomic E-state index is 12.4. The molecule has 6 nitrogen and oxygen atoms in total. The van der Waals surface area contributed by atoms with Crippen molar-refractivity contribution in [3.63, 3.8) is 0 Å². The van der Waals surface area contributed by atoms with Gasteiger partial charge in [0.25, 0.3) is 0 Å². The summed E-state index contributed by atoms with van der Waals surface area (Å²) in [7, 11) is -0.778. The minimum absolute atomic E-state index is 0. The molecule has 1 N–H and O–H groups in total. The number of halogens is 2. The number of aliphatic imine (C=N–C) groups is 1. The Balaban J connectivity index is 0.00000192. The minimum atomic E-state index is -3.67. The highest BCUT2D eigenvalue weighted by Crippen LogP contribution is 2.41. The number of benzene rings is 1. The fourth-order valence-corrected chi connectivity index (χ4v) is 5.15. The third kappa shape index (κ3) is 3.03. The van der Waals surface area contributed by atoms with Crippen LogP contribution < -0.4 is 0 Å². The van der Waals surface area contributed by atoms with E-state index in [0.29, 0.717) is 24.4 Å². The molecule has 0 amide bonds. The largest absolute Gasteiger partial charge is 0.366 e. The standard InChI is InChI=1S/C13H16ClN3O3S2.BrH/c1-16(2)22(19,20)11-7-9(3-4-10(11)14)13(18)8-21-12-15-5-6-17(12)13;/h3-4,7,18H,5-6,8H2,1-2H3;1H. The van der Waals surface area contributed by atoms with Crippen LogP contribution in [0.15, 0.2) is 28.1 Å². The van der Waals surface area contributed by atoms with Gasteiger partial charge in [-0.3, -0.25) is 4.99 Å². The van der Waals surface area contributed by atoms with Crippen LogP contribution in [0.5, 0.6) is 0 Å². The first-order valence-electron chi connectivity index (χ1n) is 6.66. The van der Waals surface area contributed by atoms with E-state index in [1.165, 1.54) is 38.0 Å². The summed E-state index contributed by atoms with van der Waals surface area (Å²) in [5, 5.41) is 12.0. The molecular formula is C13H17BrClN3O3S2. The van der Waals surface area contributed by atoms with E-state index in [1.54, 1.807) is 6.07 Å². The zero-order chi connectivity index (χ0) is 16.1. The van der Waals surface area contributed by atoms with Crippen LogP contribution in [0.25, 0.3) is 0 Å². The van der Waals surface area contributed by atoms with Crippen LogP contribution >= 0.6 is 40.3 Å². The lowest BCUT2D eigenvalue weighted by Crippen LogP contribution is -2.44.